The zero-order chi connectivity index (χ0) is 13.0. The van der Waals surface area contributed by atoms with Gasteiger partial charge in [0.2, 0.25) is 0 Å². The van der Waals surface area contributed by atoms with E-state index in [-0.39, 0.29) is 6.04 Å². The van der Waals surface area contributed by atoms with Gasteiger partial charge in [-0.05, 0) is 42.9 Å². The predicted molar refractivity (Wildman–Crippen MR) is 75.6 cm³/mol. The van der Waals surface area contributed by atoms with Crippen LogP contribution in [-0.2, 0) is 4.74 Å². The number of benzene rings is 1. The molecule has 1 aromatic rings. The lowest BCUT2D eigenvalue weighted by molar-refractivity contribution is 0.0962. The summed E-state index contributed by atoms with van der Waals surface area (Å²) in [5.41, 5.74) is 9.95. The largest absolute Gasteiger partial charge is 0.379 e. The second kappa shape index (κ2) is 6.35. The third-order valence-electron chi connectivity index (χ3n) is 4.15. The molecule has 0 aliphatic heterocycles. The van der Waals surface area contributed by atoms with Crippen molar-refractivity contribution >= 4 is 0 Å². The van der Waals surface area contributed by atoms with Crippen molar-refractivity contribution < 1.29 is 4.74 Å². The lowest BCUT2D eigenvalue weighted by Crippen LogP contribution is -2.19. The molecule has 2 nitrogen and oxygen atoms in total. The minimum atomic E-state index is 0.00527. The predicted octanol–water partition coefficient (Wildman–Crippen LogP) is 3.51. The molecule has 1 aliphatic carbocycles. The van der Waals surface area contributed by atoms with Gasteiger partial charge in [0.25, 0.3) is 0 Å². The van der Waals surface area contributed by atoms with Crippen LogP contribution in [0, 0.1) is 19.8 Å². The summed E-state index contributed by atoms with van der Waals surface area (Å²) in [6, 6.07) is 6.43. The van der Waals surface area contributed by atoms with Crippen LogP contribution in [0.2, 0.25) is 0 Å². The summed E-state index contributed by atoms with van der Waals surface area (Å²) in [6.45, 7) is 5.75. The van der Waals surface area contributed by atoms with Gasteiger partial charge in [0.15, 0.2) is 0 Å². The maximum atomic E-state index is 6.15. The average molecular weight is 247 g/mol. The van der Waals surface area contributed by atoms with Gasteiger partial charge in [0.1, 0.15) is 0 Å². The highest BCUT2D eigenvalue weighted by atomic mass is 16.5. The minimum absolute atomic E-state index is 0.00527. The number of hydrogen-bond acceptors (Lipinski definition) is 2. The molecule has 100 valence electrons. The third-order valence-corrected chi connectivity index (χ3v) is 4.15. The SMILES string of the molecule is Cc1ccc(C(N)COCCC2CCC2)cc1C. The lowest BCUT2D eigenvalue weighted by Gasteiger charge is -2.25. The van der Waals surface area contributed by atoms with E-state index in [1.807, 2.05) is 0 Å². The molecule has 0 radical (unpaired) electrons. The highest BCUT2D eigenvalue weighted by Gasteiger charge is 2.16. The summed E-state index contributed by atoms with van der Waals surface area (Å²) in [7, 11) is 0. The van der Waals surface area contributed by atoms with Crippen LogP contribution in [0.5, 0.6) is 0 Å². The second-order valence-corrected chi connectivity index (χ2v) is 5.61. The van der Waals surface area contributed by atoms with E-state index in [1.54, 1.807) is 0 Å². The normalized spacial score (nSPS) is 17.5. The van der Waals surface area contributed by atoms with E-state index in [4.69, 9.17) is 10.5 Å². The fourth-order valence-corrected chi connectivity index (χ4v) is 2.33. The van der Waals surface area contributed by atoms with Gasteiger partial charge < -0.3 is 10.5 Å². The Morgan fingerprint density at radius 1 is 1.28 bits per heavy atom. The van der Waals surface area contributed by atoms with E-state index < -0.39 is 0 Å². The first kappa shape index (κ1) is 13.6. The molecule has 1 aliphatic rings. The molecule has 18 heavy (non-hydrogen) atoms. The number of rotatable bonds is 6. The maximum absolute atomic E-state index is 6.15. The Labute approximate surface area is 111 Å². The van der Waals surface area contributed by atoms with E-state index in [0.717, 1.165) is 12.5 Å². The number of nitrogens with two attached hydrogens (primary N) is 1. The third kappa shape index (κ3) is 3.56. The molecule has 0 amide bonds. The quantitative estimate of drug-likeness (QED) is 0.781. The van der Waals surface area contributed by atoms with Gasteiger partial charge >= 0.3 is 0 Å². The number of hydrogen-bond donors (Lipinski definition) is 1. The molecule has 2 N–H and O–H groups in total. The summed E-state index contributed by atoms with van der Waals surface area (Å²) >= 11 is 0. The Balaban J connectivity index is 1.72. The van der Waals surface area contributed by atoms with Crippen molar-refractivity contribution in [1.82, 2.24) is 0 Å². The monoisotopic (exact) mass is 247 g/mol. The Morgan fingerprint density at radius 3 is 2.67 bits per heavy atom. The number of aryl methyl sites for hydroxylation is 2. The van der Waals surface area contributed by atoms with Crippen LogP contribution in [0.3, 0.4) is 0 Å². The summed E-state index contributed by atoms with van der Waals surface area (Å²) in [5, 5.41) is 0. The first-order chi connectivity index (χ1) is 8.66. The van der Waals surface area contributed by atoms with Gasteiger partial charge in [0, 0.05) is 6.61 Å². The van der Waals surface area contributed by atoms with Gasteiger partial charge in [-0.25, -0.2) is 0 Å². The van der Waals surface area contributed by atoms with Crippen LogP contribution in [0.25, 0.3) is 0 Å². The Kier molecular flexibility index (Phi) is 4.79. The highest BCUT2D eigenvalue weighted by Crippen LogP contribution is 2.29. The zero-order valence-corrected chi connectivity index (χ0v) is 11.6. The first-order valence-electron chi connectivity index (χ1n) is 7.07. The van der Waals surface area contributed by atoms with Crippen LogP contribution in [-0.4, -0.2) is 13.2 Å². The van der Waals surface area contributed by atoms with Gasteiger partial charge in [-0.15, -0.1) is 0 Å². The molecule has 0 bridgehead atoms. The molecule has 1 atom stereocenters. The molecule has 1 saturated carbocycles. The summed E-state index contributed by atoms with van der Waals surface area (Å²) in [4.78, 5) is 0. The van der Waals surface area contributed by atoms with E-state index in [1.165, 1.54) is 42.4 Å². The molecule has 0 saturated heterocycles. The fraction of sp³-hybridized carbons (Fsp3) is 0.625. The summed E-state index contributed by atoms with van der Waals surface area (Å²) in [6.07, 6.45) is 5.41. The van der Waals surface area contributed by atoms with Crippen molar-refractivity contribution in [2.75, 3.05) is 13.2 Å². The summed E-state index contributed by atoms with van der Waals surface area (Å²) in [5.74, 6) is 0.919. The van der Waals surface area contributed by atoms with Crippen LogP contribution in [0.4, 0.5) is 0 Å². The van der Waals surface area contributed by atoms with Gasteiger partial charge in [-0.1, -0.05) is 37.5 Å². The molecule has 2 rings (SSSR count). The Morgan fingerprint density at radius 2 is 2.06 bits per heavy atom. The average Bonchev–Trinajstić information content (AvgIpc) is 2.30. The minimum Gasteiger partial charge on any atom is -0.379 e. The lowest BCUT2D eigenvalue weighted by atomic mass is 9.83. The van der Waals surface area contributed by atoms with Crippen molar-refractivity contribution in [1.29, 1.82) is 0 Å². The molecule has 0 heterocycles. The smallest absolute Gasteiger partial charge is 0.0659 e. The Bertz CT molecular complexity index is 385. The molecular formula is C16H25NO. The molecule has 0 aromatic heterocycles. The first-order valence-corrected chi connectivity index (χ1v) is 7.07. The summed E-state index contributed by atoms with van der Waals surface area (Å²) < 4.78 is 5.70. The van der Waals surface area contributed by atoms with Gasteiger partial charge in [-0.2, -0.15) is 0 Å². The van der Waals surface area contributed by atoms with E-state index >= 15 is 0 Å². The van der Waals surface area contributed by atoms with Crippen molar-refractivity contribution in [3.05, 3.63) is 34.9 Å². The molecule has 1 fully saturated rings. The molecule has 0 spiro atoms. The van der Waals surface area contributed by atoms with Gasteiger partial charge in [-0.3, -0.25) is 0 Å². The van der Waals surface area contributed by atoms with Gasteiger partial charge in [0.05, 0.1) is 12.6 Å². The molecule has 1 unspecified atom stereocenters. The van der Waals surface area contributed by atoms with Crippen LogP contribution >= 0.6 is 0 Å². The standard InChI is InChI=1S/C16H25NO/c1-12-6-7-15(10-13(12)2)16(17)11-18-9-8-14-4-3-5-14/h6-7,10,14,16H,3-5,8-9,11,17H2,1-2H3. The fourth-order valence-electron chi connectivity index (χ4n) is 2.33. The Hall–Kier alpha value is -0.860. The van der Waals surface area contributed by atoms with Crippen molar-refractivity contribution in [2.24, 2.45) is 11.7 Å². The molecular weight excluding hydrogens is 222 g/mol. The number of ether oxygens (including phenoxy) is 1. The van der Waals surface area contributed by atoms with Crippen molar-refractivity contribution in [2.45, 2.75) is 45.6 Å². The van der Waals surface area contributed by atoms with E-state index in [0.29, 0.717) is 6.61 Å². The highest BCUT2D eigenvalue weighted by molar-refractivity contribution is 5.31. The van der Waals surface area contributed by atoms with Crippen LogP contribution in [0.15, 0.2) is 18.2 Å². The zero-order valence-electron chi connectivity index (χ0n) is 11.6. The van der Waals surface area contributed by atoms with Crippen LogP contribution in [0.1, 0.15) is 48.4 Å². The van der Waals surface area contributed by atoms with Crippen molar-refractivity contribution in [3.63, 3.8) is 0 Å². The maximum Gasteiger partial charge on any atom is 0.0659 e. The topological polar surface area (TPSA) is 35.2 Å². The molecule has 1 aromatic carbocycles. The van der Waals surface area contributed by atoms with E-state index in [9.17, 15) is 0 Å². The van der Waals surface area contributed by atoms with Crippen LogP contribution < -0.4 is 5.73 Å². The second-order valence-electron chi connectivity index (χ2n) is 5.61. The molecule has 2 heteroatoms. The van der Waals surface area contributed by atoms with Crippen molar-refractivity contribution in [3.8, 4) is 0 Å². The van der Waals surface area contributed by atoms with E-state index in [2.05, 4.69) is 32.0 Å².